The SMILES string of the molecule is O=C(O)CC[C@@H](NS(=O)(=O)c1ccc(-c2ccc(NC(=O)c3cc4ccccc4o3)cc2)cc1)C(=O)O. The summed E-state index contributed by atoms with van der Waals surface area (Å²) >= 11 is 0. The van der Waals surface area contributed by atoms with E-state index in [1.807, 2.05) is 22.9 Å². The monoisotopic (exact) mass is 522 g/mol. The minimum absolute atomic E-state index is 0.160. The van der Waals surface area contributed by atoms with Gasteiger partial charge in [-0.3, -0.25) is 14.4 Å². The maximum atomic E-state index is 12.6. The quantitative estimate of drug-likeness (QED) is 0.243. The van der Waals surface area contributed by atoms with Crippen molar-refractivity contribution in [3.8, 4) is 11.1 Å². The van der Waals surface area contributed by atoms with Crippen molar-refractivity contribution < 1.29 is 37.4 Å². The summed E-state index contributed by atoms with van der Waals surface area (Å²) in [6.45, 7) is 0. The molecule has 0 radical (unpaired) electrons. The number of carboxylic acids is 2. The number of nitrogens with one attached hydrogen (secondary N) is 2. The van der Waals surface area contributed by atoms with Gasteiger partial charge in [-0.15, -0.1) is 0 Å². The summed E-state index contributed by atoms with van der Waals surface area (Å²) in [5, 5.41) is 21.5. The number of aliphatic carboxylic acids is 2. The highest BCUT2D eigenvalue weighted by molar-refractivity contribution is 7.89. The number of hydrogen-bond acceptors (Lipinski definition) is 6. The Morgan fingerprint density at radius 3 is 2.08 bits per heavy atom. The van der Waals surface area contributed by atoms with E-state index in [4.69, 9.17) is 9.52 Å². The second kappa shape index (κ2) is 10.6. The number of rotatable bonds is 10. The molecular formula is C26H22N2O8S. The van der Waals surface area contributed by atoms with Crippen LogP contribution in [0.15, 0.2) is 88.2 Å². The van der Waals surface area contributed by atoms with Crippen LogP contribution in [0.5, 0.6) is 0 Å². The molecule has 0 fully saturated rings. The minimum atomic E-state index is -4.19. The third-order valence-electron chi connectivity index (χ3n) is 5.53. The van der Waals surface area contributed by atoms with Crippen LogP contribution >= 0.6 is 0 Å². The molecule has 4 rings (SSSR count). The highest BCUT2D eigenvalue weighted by Crippen LogP contribution is 2.24. The zero-order chi connectivity index (χ0) is 26.6. The Morgan fingerprint density at radius 2 is 1.49 bits per heavy atom. The van der Waals surface area contributed by atoms with Gasteiger partial charge < -0.3 is 19.9 Å². The summed E-state index contributed by atoms with van der Waals surface area (Å²) in [6, 6.07) is 20.1. The second-order valence-electron chi connectivity index (χ2n) is 8.15. The van der Waals surface area contributed by atoms with Crippen LogP contribution < -0.4 is 10.0 Å². The molecule has 1 atom stereocenters. The zero-order valence-electron chi connectivity index (χ0n) is 19.2. The Hall–Kier alpha value is -4.48. The Bertz CT molecular complexity index is 1530. The first kappa shape index (κ1) is 25.6. The predicted octanol–water partition coefficient (Wildman–Crippen LogP) is 3.95. The molecule has 4 aromatic rings. The lowest BCUT2D eigenvalue weighted by atomic mass is 10.1. The Labute approximate surface area is 211 Å². The van der Waals surface area contributed by atoms with Crippen molar-refractivity contribution in [2.45, 2.75) is 23.8 Å². The number of sulfonamides is 1. The van der Waals surface area contributed by atoms with Crippen molar-refractivity contribution in [3.05, 3.63) is 84.6 Å². The highest BCUT2D eigenvalue weighted by Gasteiger charge is 2.26. The highest BCUT2D eigenvalue weighted by atomic mass is 32.2. The molecule has 0 aliphatic carbocycles. The molecule has 0 saturated heterocycles. The van der Waals surface area contributed by atoms with Gasteiger partial charge in [0.2, 0.25) is 10.0 Å². The van der Waals surface area contributed by atoms with E-state index in [1.165, 1.54) is 12.1 Å². The molecule has 37 heavy (non-hydrogen) atoms. The molecule has 0 unspecified atom stereocenters. The summed E-state index contributed by atoms with van der Waals surface area (Å²) in [7, 11) is -4.19. The van der Waals surface area contributed by atoms with E-state index in [1.54, 1.807) is 48.5 Å². The van der Waals surface area contributed by atoms with Crippen LogP contribution in [0.4, 0.5) is 5.69 Å². The van der Waals surface area contributed by atoms with Crippen LogP contribution in [0.1, 0.15) is 23.4 Å². The number of amides is 1. The summed E-state index contributed by atoms with van der Waals surface area (Å²) in [6.07, 6.45) is -0.881. The van der Waals surface area contributed by atoms with E-state index in [0.29, 0.717) is 16.8 Å². The number of carbonyl (C=O) groups excluding carboxylic acids is 1. The van der Waals surface area contributed by atoms with Gasteiger partial charge in [0.25, 0.3) is 5.91 Å². The summed E-state index contributed by atoms with van der Waals surface area (Å²) in [5.74, 6) is -2.90. The number of benzene rings is 3. The van der Waals surface area contributed by atoms with Gasteiger partial charge in [-0.1, -0.05) is 42.5 Å². The first-order valence-corrected chi connectivity index (χ1v) is 12.6. The molecule has 190 valence electrons. The fraction of sp³-hybridized carbons (Fsp3) is 0.115. The molecule has 0 bridgehead atoms. The third kappa shape index (κ3) is 6.21. The molecule has 0 saturated carbocycles. The number of furan rings is 1. The van der Waals surface area contributed by atoms with Gasteiger partial charge >= 0.3 is 11.9 Å². The van der Waals surface area contributed by atoms with Crippen LogP contribution in [0.2, 0.25) is 0 Å². The Kier molecular flexibility index (Phi) is 7.37. The number of hydrogen-bond donors (Lipinski definition) is 4. The lowest BCUT2D eigenvalue weighted by Gasteiger charge is -2.14. The van der Waals surface area contributed by atoms with Crippen LogP contribution in [0.25, 0.3) is 22.1 Å². The minimum Gasteiger partial charge on any atom is -0.481 e. The van der Waals surface area contributed by atoms with E-state index in [2.05, 4.69) is 5.32 Å². The predicted molar refractivity (Wildman–Crippen MR) is 135 cm³/mol. The largest absolute Gasteiger partial charge is 0.481 e. The molecule has 0 aliphatic rings. The van der Waals surface area contributed by atoms with E-state index < -0.39 is 40.3 Å². The fourth-order valence-electron chi connectivity index (χ4n) is 3.61. The van der Waals surface area contributed by atoms with Crippen LogP contribution in [0.3, 0.4) is 0 Å². The van der Waals surface area contributed by atoms with Crippen molar-refractivity contribution in [1.82, 2.24) is 4.72 Å². The van der Waals surface area contributed by atoms with Crippen molar-refractivity contribution in [3.63, 3.8) is 0 Å². The van der Waals surface area contributed by atoms with Crippen molar-refractivity contribution >= 4 is 44.5 Å². The number of fused-ring (bicyclic) bond motifs is 1. The Balaban J connectivity index is 1.43. The molecule has 4 N–H and O–H groups in total. The number of carbonyl (C=O) groups is 3. The van der Waals surface area contributed by atoms with Gasteiger partial charge in [-0.25, -0.2) is 8.42 Å². The summed E-state index contributed by atoms with van der Waals surface area (Å²) in [5.41, 5.74) is 2.60. The maximum absolute atomic E-state index is 12.6. The molecule has 1 amide bonds. The number of para-hydroxylation sites is 1. The molecule has 0 aliphatic heterocycles. The van der Waals surface area contributed by atoms with Crippen molar-refractivity contribution in [2.24, 2.45) is 0 Å². The van der Waals surface area contributed by atoms with Gasteiger partial charge in [0.15, 0.2) is 5.76 Å². The van der Waals surface area contributed by atoms with Gasteiger partial charge in [0.05, 0.1) is 4.90 Å². The van der Waals surface area contributed by atoms with Crippen LogP contribution in [-0.4, -0.2) is 42.5 Å². The van der Waals surface area contributed by atoms with Crippen molar-refractivity contribution in [1.29, 1.82) is 0 Å². The average Bonchev–Trinajstić information content (AvgIpc) is 3.31. The van der Waals surface area contributed by atoms with Crippen molar-refractivity contribution in [2.75, 3.05) is 5.32 Å². The van der Waals surface area contributed by atoms with Gasteiger partial charge in [0, 0.05) is 17.5 Å². The molecule has 1 aromatic heterocycles. The molecular weight excluding hydrogens is 500 g/mol. The maximum Gasteiger partial charge on any atom is 0.321 e. The van der Waals surface area contributed by atoms with Gasteiger partial charge in [0.1, 0.15) is 11.6 Å². The molecule has 1 heterocycles. The Morgan fingerprint density at radius 1 is 0.865 bits per heavy atom. The van der Waals surface area contributed by atoms with E-state index >= 15 is 0 Å². The standard InChI is InChI=1S/C26H22N2O8S/c29-24(30)14-13-21(26(32)33)28-37(34,35)20-11-7-17(8-12-20)16-5-9-19(10-6-16)27-25(31)23-15-18-3-1-2-4-22(18)36-23/h1-12,15,21,28H,13-14H2,(H,27,31)(H,29,30)(H,32,33)/t21-/m1/s1. The first-order chi connectivity index (χ1) is 17.6. The number of carboxylic acid groups (broad SMARTS) is 2. The normalized spacial score (nSPS) is 12.2. The second-order valence-corrected chi connectivity index (χ2v) is 9.86. The fourth-order valence-corrected chi connectivity index (χ4v) is 4.84. The molecule has 3 aromatic carbocycles. The smallest absolute Gasteiger partial charge is 0.321 e. The molecule has 0 spiro atoms. The lowest BCUT2D eigenvalue weighted by molar-refractivity contribution is -0.140. The molecule has 11 heteroatoms. The first-order valence-electron chi connectivity index (χ1n) is 11.1. The lowest BCUT2D eigenvalue weighted by Crippen LogP contribution is -2.41. The van der Waals surface area contributed by atoms with Gasteiger partial charge in [-0.05, 0) is 53.9 Å². The van der Waals surface area contributed by atoms with Gasteiger partial charge in [-0.2, -0.15) is 4.72 Å². The molecule has 10 nitrogen and oxygen atoms in total. The van der Waals surface area contributed by atoms with E-state index in [-0.39, 0.29) is 17.1 Å². The van der Waals surface area contributed by atoms with Crippen LogP contribution in [-0.2, 0) is 19.6 Å². The third-order valence-corrected chi connectivity index (χ3v) is 7.02. The zero-order valence-corrected chi connectivity index (χ0v) is 20.1. The summed E-state index contributed by atoms with van der Waals surface area (Å²) in [4.78, 5) is 34.4. The van der Waals surface area contributed by atoms with E-state index in [9.17, 15) is 27.9 Å². The van der Waals surface area contributed by atoms with Crippen LogP contribution in [0, 0.1) is 0 Å². The average molecular weight is 523 g/mol. The number of anilines is 1. The topological polar surface area (TPSA) is 163 Å². The summed E-state index contributed by atoms with van der Waals surface area (Å²) < 4.78 is 32.8. The van der Waals surface area contributed by atoms with E-state index in [0.717, 1.165) is 10.9 Å².